The number of hydrogen-bond donors (Lipinski definition) is 1. The third kappa shape index (κ3) is 3.37. The number of hydrogen-bond acceptors (Lipinski definition) is 3. The van der Waals surface area contributed by atoms with Gasteiger partial charge in [0.25, 0.3) is 0 Å². The third-order valence-electron chi connectivity index (χ3n) is 3.67. The maximum Gasteiger partial charge on any atom is 0.137 e. The molecule has 0 amide bonds. The lowest BCUT2D eigenvalue weighted by Gasteiger charge is -2.13. The molecular weight excluding hydrogens is 262 g/mol. The first-order valence-corrected chi connectivity index (χ1v) is 7.37. The van der Waals surface area contributed by atoms with E-state index in [1.54, 1.807) is 0 Å². The van der Waals surface area contributed by atoms with Crippen molar-refractivity contribution in [2.24, 2.45) is 0 Å². The van der Waals surface area contributed by atoms with Crippen LogP contribution in [-0.4, -0.2) is 19.8 Å². The molecule has 1 aliphatic heterocycles. The molecule has 0 radical (unpaired) electrons. The number of fused-ring (bicyclic) bond motifs is 1. The minimum absolute atomic E-state index is 0.106. The van der Waals surface area contributed by atoms with Crippen LogP contribution in [0.4, 0.5) is 0 Å². The molecule has 0 bridgehead atoms. The summed E-state index contributed by atoms with van der Waals surface area (Å²) in [6, 6.07) is 14.5. The molecule has 0 fully saturated rings. The normalized spacial score (nSPS) is 16.4. The number of aryl methyl sites for hydroxylation is 1. The molecule has 0 aromatic heterocycles. The van der Waals surface area contributed by atoms with Crippen LogP contribution in [0.5, 0.6) is 11.5 Å². The van der Waals surface area contributed by atoms with Gasteiger partial charge in [-0.05, 0) is 43.3 Å². The first-order chi connectivity index (χ1) is 10.2. The summed E-state index contributed by atoms with van der Waals surface area (Å²) < 4.78 is 11.8. The quantitative estimate of drug-likeness (QED) is 0.914. The average Bonchev–Trinajstić information content (AvgIpc) is 2.88. The van der Waals surface area contributed by atoms with Gasteiger partial charge in [-0.3, -0.25) is 0 Å². The van der Waals surface area contributed by atoms with E-state index in [2.05, 4.69) is 42.6 Å². The Morgan fingerprint density at radius 2 is 2.14 bits per heavy atom. The van der Waals surface area contributed by atoms with Gasteiger partial charge >= 0.3 is 0 Å². The topological polar surface area (TPSA) is 30.5 Å². The number of nitrogens with one attached hydrogen (secondary N) is 1. The summed E-state index contributed by atoms with van der Waals surface area (Å²) >= 11 is 0. The molecule has 0 saturated carbocycles. The zero-order valence-electron chi connectivity index (χ0n) is 12.6. The van der Waals surface area contributed by atoms with E-state index < -0.39 is 0 Å². The molecule has 110 valence electrons. The van der Waals surface area contributed by atoms with Crippen LogP contribution in [0.3, 0.4) is 0 Å². The zero-order valence-corrected chi connectivity index (χ0v) is 12.6. The van der Waals surface area contributed by atoms with E-state index in [0.717, 1.165) is 24.5 Å². The molecule has 0 spiro atoms. The van der Waals surface area contributed by atoms with Gasteiger partial charge in [0.1, 0.15) is 24.2 Å². The van der Waals surface area contributed by atoms with Crippen LogP contribution in [0.2, 0.25) is 0 Å². The van der Waals surface area contributed by atoms with Crippen LogP contribution in [0.15, 0.2) is 42.5 Å². The van der Waals surface area contributed by atoms with Crippen molar-refractivity contribution in [3.8, 4) is 11.5 Å². The molecule has 2 aromatic carbocycles. The van der Waals surface area contributed by atoms with Crippen molar-refractivity contribution in [2.45, 2.75) is 26.0 Å². The molecule has 1 atom stereocenters. The summed E-state index contributed by atoms with van der Waals surface area (Å²) in [5.41, 5.74) is 3.78. The van der Waals surface area contributed by atoms with Crippen molar-refractivity contribution in [1.82, 2.24) is 5.32 Å². The molecule has 1 heterocycles. The fourth-order valence-corrected chi connectivity index (χ4v) is 2.68. The molecule has 0 saturated heterocycles. The van der Waals surface area contributed by atoms with Gasteiger partial charge in [0.2, 0.25) is 0 Å². The van der Waals surface area contributed by atoms with Crippen LogP contribution in [0.1, 0.15) is 16.7 Å². The van der Waals surface area contributed by atoms with E-state index in [4.69, 9.17) is 9.47 Å². The summed E-state index contributed by atoms with van der Waals surface area (Å²) in [7, 11) is 1.94. The van der Waals surface area contributed by atoms with E-state index in [9.17, 15) is 0 Å². The van der Waals surface area contributed by atoms with Gasteiger partial charge in [0.05, 0.1) is 0 Å². The summed E-state index contributed by atoms with van der Waals surface area (Å²) in [6.07, 6.45) is 1.03. The van der Waals surface area contributed by atoms with Crippen LogP contribution in [0.25, 0.3) is 0 Å². The Bertz CT molecular complexity index is 624. The number of benzene rings is 2. The smallest absolute Gasteiger partial charge is 0.137 e. The highest BCUT2D eigenvalue weighted by Gasteiger charge is 2.23. The lowest BCUT2D eigenvalue weighted by atomic mass is 10.1. The Kier molecular flexibility index (Phi) is 4.11. The predicted octanol–water partition coefficient (Wildman–Crippen LogP) is 3.10. The fraction of sp³-hybridized carbons (Fsp3) is 0.333. The average molecular weight is 283 g/mol. The molecule has 1 aliphatic rings. The van der Waals surface area contributed by atoms with Gasteiger partial charge in [-0.1, -0.05) is 29.8 Å². The van der Waals surface area contributed by atoms with E-state index >= 15 is 0 Å². The predicted molar refractivity (Wildman–Crippen MR) is 84.0 cm³/mol. The summed E-state index contributed by atoms with van der Waals surface area (Å²) in [5, 5.41) is 3.15. The molecule has 3 heteroatoms. The lowest BCUT2D eigenvalue weighted by molar-refractivity contribution is 0.148. The SMILES string of the molecule is CNCc1cccc(OCC2Cc3cc(C)ccc3O2)c1. The van der Waals surface area contributed by atoms with Gasteiger partial charge in [-0.15, -0.1) is 0 Å². The number of ether oxygens (including phenoxy) is 2. The second-order valence-corrected chi connectivity index (χ2v) is 5.54. The van der Waals surface area contributed by atoms with E-state index in [-0.39, 0.29) is 6.10 Å². The van der Waals surface area contributed by atoms with Crippen molar-refractivity contribution >= 4 is 0 Å². The van der Waals surface area contributed by atoms with E-state index in [1.807, 2.05) is 19.2 Å². The van der Waals surface area contributed by atoms with Crippen LogP contribution in [-0.2, 0) is 13.0 Å². The standard InChI is InChI=1S/C18H21NO2/c1-13-6-7-18-15(8-13)10-17(21-18)12-20-16-5-3-4-14(9-16)11-19-2/h3-9,17,19H,10-12H2,1-2H3. The van der Waals surface area contributed by atoms with Gasteiger partial charge in [-0.25, -0.2) is 0 Å². The van der Waals surface area contributed by atoms with Gasteiger partial charge < -0.3 is 14.8 Å². The Hall–Kier alpha value is -2.00. The summed E-state index contributed by atoms with van der Waals surface area (Å²) in [5.74, 6) is 1.90. The summed E-state index contributed by atoms with van der Waals surface area (Å²) in [6.45, 7) is 3.54. The second kappa shape index (κ2) is 6.19. The highest BCUT2D eigenvalue weighted by atomic mass is 16.5. The minimum atomic E-state index is 0.106. The monoisotopic (exact) mass is 283 g/mol. The molecule has 1 unspecified atom stereocenters. The van der Waals surface area contributed by atoms with Crippen molar-refractivity contribution in [3.05, 3.63) is 59.2 Å². The zero-order chi connectivity index (χ0) is 14.7. The first kappa shape index (κ1) is 14.0. The highest BCUT2D eigenvalue weighted by Crippen LogP contribution is 2.29. The van der Waals surface area contributed by atoms with Crippen molar-refractivity contribution in [3.63, 3.8) is 0 Å². The molecule has 21 heavy (non-hydrogen) atoms. The van der Waals surface area contributed by atoms with Crippen LogP contribution < -0.4 is 14.8 Å². The molecule has 3 nitrogen and oxygen atoms in total. The van der Waals surface area contributed by atoms with Crippen LogP contribution in [0, 0.1) is 6.92 Å². The van der Waals surface area contributed by atoms with Gasteiger partial charge in [-0.2, -0.15) is 0 Å². The highest BCUT2D eigenvalue weighted by molar-refractivity contribution is 5.40. The second-order valence-electron chi connectivity index (χ2n) is 5.54. The maximum atomic E-state index is 5.92. The first-order valence-electron chi connectivity index (χ1n) is 7.37. The van der Waals surface area contributed by atoms with E-state index in [0.29, 0.717) is 6.61 Å². The molecule has 3 rings (SSSR count). The largest absolute Gasteiger partial charge is 0.490 e. The van der Waals surface area contributed by atoms with E-state index in [1.165, 1.54) is 16.7 Å². The molecular formula is C18H21NO2. The lowest BCUT2D eigenvalue weighted by Crippen LogP contribution is -2.22. The van der Waals surface area contributed by atoms with Crippen molar-refractivity contribution in [2.75, 3.05) is 13.7 Å². The van der Waals surface area contributed by atoms with Crippen molar-refractivity contribution in [1.29, 1.82) is 0 Å². The Morgan fingerprint density at radius 3 is 3.00 bits per heavy atom. The minimum Gasteiger partial charge on any atom is -0.490 e. The summed E-state index contributed by atoms with van der Waals surface area (Å²) in [4.78, 5) is 0. The Morgan fingerprint density at radius 1 is 1.24 bits per heavy atom. The molecule has 1 N–H and O–H groups in total. The van der Waals surface area contributed by atoms with Crippen molar-refractivity contribution < 1.29 is 9.47 Å². The van der Waals surface area contributed by atoms with Crippen LogP contribution >= 0.6 is 0 Å². The Labute approximate surface area is 125 Å². The molecule has 2 aromatic rings. The van der Waals surface area contributed by atoms with Gasteiger partial charge in [0, 0.05) is 13.0 Å². The number of rotatable bonds is 5. The molecule has 0 aliphatic carbocycles. The Balaban J connectivity index is 1.58. The maximum absolute atomic E-state index is 5.92. The fourth-order valence-electron chi connectivity index (χ4n) is 2.68. The third-order valence-corrected chi connectivity index (χ3v) is 3.67. The van der Waals surface area contributed by atoms with Gasteiger partial charge in [0.15, 0.2) is 0 Å².